The van der Waals surface area contributed by atoms with Crippen LogP contribution in [-0.4, -0.2) is 21.2 Å². The molecule has 0 fully saturated rings. The third kappa shape index (κ3) is 3.04. The fraction of sp³-hybridized carbons (Fsp3) is 0.333. The monoisotopic (exact) mass is 304 g/mol. The zero-order chi connectivity index (χ0) is 13.8. The second-order valence-electron chi connectivity index (χ2n) is 4.73. The Morgan fingerprint density at radius 2 is 2.10 bits per heavy atom. The summed E-state index contributed by atoms with van der Waals surface area (Å²) in [6.45, 7) is 0. The highest BCUT2D eigenvalue weighted by Crippen LogP contribution is 2.35. The maximum Gasteiger partial charge on any atom is 0.151 e. The average Bonchev–Trinajstić information content (AvgIpc) is 2.84. The fourth-order valence-corrected chi connectivity index (χ4v) is 4.76. The lowest BCUT2D eigenvalue weighted by atomic mass is 10.0. The molecule has 0 spiro atoms. The van der Waals surface area contributed by atoms with Crippen LogP contribution in [0.1, 0.15) is 25.7 Å². The Bertz CT molecular complexity index is 615. The molecule has 2 aromatic rings. The predicted octanol–water partition coefficient (Wildman–Crippen LogP) is 4.72. The van der Waals surface area contributed by atoms with Gasteiger partial charge in [-0.2, -0.15) is 0 Å². The number of nitrogens with zero attached hydrogens (tertiary/aromatic N) is 2. The molecule has 1 aromatic carbocycles. The first kappa shape index (κ1) is 13.6. The van der Waals surface area contributed by atoms with Crippen molar-refractivity contribution in [2.24, 2.45) is 5.16 Å². The van der Waals surface area contributed by atoms with Crippen molar-refractivity contribution < 1.29 is 5.21 Å². The maximum absolute atomic E-state index is 9.23. The van der Waals surface area contributed by atoms with Crippen LogP contribution >= 0.6 is 23.1 Å². The number of thioether (sulfide) groups is 1. The van der Waals surface area contributed by atoms with E-state index >= 15 is 0 Å². The third-order valence-electron chi connectivity index (χ3n) is 3.35. The largest absolute Gasteiger partial charge is 0.411 e. The summed E-state index contributed by atoms with van der Waals surface area (Å²) < 4.78 is 2.27. The SMILES string of the molecule is O/N=C1/CC/C=C\CCC1Sc1nc2ccccc2s1. The minimum absolute atomic E-state index is 0.227. The van der Waals surface area contributed by atoms with Gasteiger partial charge in [0.1, 0.15) is 0 Å². The van der Waals surface area contributed by atoms with Gasteiger partial charge in [0.15, 0.2) is 4.34 Å². The molecule has 1 aromatic heterocycles. The summed E-state index contributed by atoms with van der Waals surface area (Å²) in [4.78, 5) is 4.66. The van der Waals surface area contributed by atoms with Crippen LogP contribution in [0.4, 0.5) is 0 Å². The highest BCUT2D eigenvalue weighted by Gasteiger charge is 2.20. The van der Waals surface area contributed by atoms with E-state index in [1.54, 1.807) is 23.1 Å². The molecule has 0 saturated carbocycles. The van der Waals surface area contributed by atoms with Crippen LogP contribution in [-0.2, 0) is 0 Å². The molecule has 1 aliphatic rings. The van der Waals surface area contributed by atoms with E-state index < -0.39 is 0 Å². The van der Waals surface area contributed by atoms with Gasteiger partial charge in [0.05, 0.1) is 21.2 Å². The number of fused-ring (bicyclic) bond motifs is 1. The van der Waals surface area contributed by atoms with Gasteiger partial charge in [-0.25, -0.2) is 4.98 Å². The molecule has 0 amide bonds. The van der Waals surface area contributed by atoms with E-state index in [-0.39, 0.29) is 5.25 Å². The van der Waals surface area contributed by atoms with E-state index in [2.05, 4.69) is 28.4 Å². The van der Waals surface area contributed by atoms with Gasteiger partial charge >= 0.3 is 0 Å². The Labute approximate surface area is 126 Å². The molecular formula is C15H16N2OS2. The maximum atomic E-state index is 9.23. The van der Waals surface area contributed by atoms with E-state index in [9.17, 15) is 5.21 Å². The lowest BCUT2D eigenvalue weighted by Gasteiger charge is -2.17. The van der Waals surface area contributed by atoms with Crippen LogP contribution in [0.15, 0.2) is 45.9 Å². The molecule has 1 atom stereocenters. The standard InChI is InChI=1S/C15H16N2OS2/c18-17-12-8-3-1-2-4-9-14(12)20-15-16-11-7-5-6-10-13(11)19-15/h1-2,5-7,10,14,18H,3-4,8-9H2/b2-1-,17-12-. The second-order valence-corrected chi connectivity index (χ2v) is 7.21. The van der Waals surface area contributed by atoms with Gasteiger partial charge in [0, 0.05) is 0 Å². The summed E-state index contributed by atoms with van der Waals surface area (Å²) in [5.74, 6) is 0. The molecule has 1 N–H and O–H groups in total. The van der Waals surface area contributed by atoms with Crippen LogP contribution < -0.4 is 0 Å². The number of thiazole rings is 1. The fourth-order valence-electron chi connectivity index (χ4n) is 2.31. The van der Waals surface area contributed by atoms with Crippen molar-refractivity contribution in [1.82, 2.24) is 4.98 Å². The van der Waals surface area contributed by atoms with E-state index in [0.29, 0.717) is 0 Å². The number of oxime groups is 1. The Balaban J connectivity index is 1.82. The summed E-state index contributed by atoms with van der Waals surface area (Å²) in [6, 6.07) is 8.19. The van der Waals surface area contributed by atoms with Crippen LogP contribution in [0, 0.1) is 0 Å². The smallest absolute Gasteiger partial charge is 0.151 e. The van der Waals surface area contributed by atoms with Crippen molar-refractivity contribution in [3.8, 4) is 0 Å². The summed E-state index contributed by atoms with van der Waals surface area (Å²) >= 11 is 3.44. The number of rotatable bonds is 2. The van der Waals surface area contributed by atoms with E-state index in [1.807, 2.05) is 18.2 Å². The number of para-hydroxylation sites is 1. The van der Waals surface area contributed by atoms with Crippen molar-refractivity contribution in [2.75, 3.05) is 0 Å². The summed E-state index contributed by atoms with van der Waals surface area (Å²) in [5, 5.41) is 13.0. The van der Waals surface area contributed by atoms with Crippen LogP contribution in [0.5, 0.6) is 0 Å². The number of aromatic nitrogens is 1. The molecule has 20 heavy (non-hydrogen) atoms. The van der Waals surface area contributed by atoms with Crippen LogP contribution in [0.2, 0.25) is 0 Å². The Hall–Kier alpha value is -1.33. The van der Waals surface area contributed by atoms with Crippen molar-refractivity contribution in [3.05, 3.63) is 36.4 Å². The molecule has 3 rings (SSSR count). The molecule has 0 saturated heterocycles. The van der Waals surface area contributed by atoms with E-state index in [0.717, 1.165) is 41.3 Å². The van der Waals surface area contributed by atoms with Gasteiger partial charge in [-0.1, -0.05) is 41.2 Å². The molecule has 3 nitrogen and oxygen atoms in total. The zero-order valence-electron chi connectivity index (χ0n) is 11.0. The van der Waals surface area contributed by atoms with Gasteiger partial charge in [-0.15, -0.1) is 11.3 Å². The molecule has 0 bridgehead atoms. The Morgan fingerprint density at radius 1 is 1.25 bits per heavy atom. The molecule has 0 aliphatic heterocycles. The second kappa shape index (κ2) is 6.41. The average molecular weight is 304 g/mol. The Kier molecular flexibility index (Phi) is 4.38. The van der Waals surface area contributed by atoms with Crippen LogP contribution in [0.3, 0.4) is 0 Å². The van der Waals surface area contributed by atoms with E-state index in [1.165, 1.54) is 4.70 Å². The third-order valence-corrected chi connectivity index (χ3v) is 5.80. The van der Waals surface area contributed by atoms with Gasteiger partial charge in [0.25, 0.3) is 0 Å². The molecule has 0 radical (unpaired) electrons. The number of allylic oxidation sites excluding steroid dienone is 2. The Morgan fingerprint density at radius 3 is 2.95 bits per heavy atom. The van der Waals surface area contributed by atoms with Crippen molar-refractivity contribution in [2.45, 2.75) is 35.3 Å². The first-order valence-electron chi connectivity index (χ1n) is 6.75. The predicted molar refractivity (Wildman–Crippen MR) is 86.1 cm³/mol. The lowest BCUT2D eigenvalue weighted by molar-refractivity contribution is 0.316. The first-order valence-corrected chi connectivity index (χ1v) is 8.44. The minimum atomic E-state index is 0.227. The molecular weight excluding hydrogens is 288 g/mol. The number of hydrogen-bond donors (Lipinski definition) is 1. The van der Waals surface area contributed by atoms with Gasteiger partial charge in [0.2, 0.25) is 0 Å². The minimum Gasteiger partial charge on any atom is -0.411 e. The van der Waals surface area contributed by atoms with Crippen LogP contribution in [0.25, 0.3) is 10.2 Å². The summed E-state index contributed by atoms with van der Waals surface area (Å²) in [7, 11) is 0. The highest BCUT2D eigenvalue weighted by atomic mass is 32.2. The molecule has 104 valence electrons. The molecule has 1 unspecified atom stereocenters. The van der Waals surface area contributed by atoms with Crippen molar-refractivity contribution >= 4 is 39.0 Å². The van der Waals surface area contributed by atoms with Gasteiger partial charge in [-0.3, -0.25) is 0 Å². The summed E-state index contributed by atoms with van der Waals surface area (Å²) in [5.41, 5.74) is 1.94. The normalized spacial score (nSPS) is 23.6. The topological polar surface area (TPSA) is 45.5 Å². The number of benzene rings is 1. The quantitative estimate of drug-likeness (QED) is 0.496. The highest BCUT2D eigenvalue weighted by molar-refractivity contribution is 8.02. The zero-order valence-corrected chi connectivity index (χ0v) is 12.7. The van der Waals surface area contributed by atoms with Gasteiger partial charge < -0.3 is 5.21 Å². The van der Waals surface area contributed by atoms with Gasteiger partial charge in [-0.05, 0) is 37.8 Å². The molecule has 1 aliphatic carbocycles. The molecule has 5 heteroatoms. The first-order chi connectivity index (χ1) is 9.86. The summed E-state index contributed by atoms with van der Waals surface area (Å²) in [6.07, 6.45) is 8.20. The molecule has 1 heterocycles. The lowest BCUT2D eigenvalue weighted by Crippen LogP contribution is -2.18. The van der Waals surface area contributed by atoms with E-state index in [4.69, 9.17) is 0 Å². The van der Waals surface area contributed by atoms with Crippen molar-refractivity contribution in [1.29, 1.82) is 0 Å². The number of hydrogen-bond acceptors (Lipinski definition) is 5. The van der Waals surface area contributed by atoms with Crippen molar-refractivity contribution in [3.63, 3.8) is 0 Å².